The molecule has 2 aliphatic heterocycles. The summed E-state index contributed by atoms with van der Waals surface area (Å²) in [6, 6.07) is 25.6. The second-order valence-electron chi connectivity index (χ2n) is 10.3. The zero-order valence-corrected chi connectivity index (χ0v) is 26.5. The van der Waals surface area contributed by atoms with Crippen molar-refractivity contribution < 1.29 is 29.0 Å². The Morgan fingerprint density at radius 1 is 0.511 bits per heavy atom. The van der Waals surface area contributed by atoms with E-state index in [-0.39, 0.29) is 47.8 Å². The molecule has 2 aliphatic rings. The van der Waals surface area contributed by atoms with Crippen molar-refractivity contribution in [1.29, 1.82) is 0 Å². The van der Waals surface area contributed by atoms with Gasteiger partial charge in [0.05, 0.1) is 31.7 Å². The van der Waals surface area contributed by atoms with Gasteiger partial charge in [0.15, 0.2) is 0 Å². The lowest BCUT2D eigenvalue weighted by molar-refractivity contribution is -0.385. The largest absolute Gasteiger partial charge is 0.274 e. The normalized spacial score (nSPS) is 17.9. The van der Waals surface area contributed by atoms with Crippen LogP contribution < -0.4 is 9.80 Å². The van der Waals surface area contributed by atoms with Gasteiger partial charge in [-0.15, -0.1) is 23.5 Å². The Balaban J connectivity index is 1.06. The Bertz CT molecular complexity index is 1760. The minimum Gasteiger partial charge on any atom is -0.274 e. The minimum absolute atomic E-state index is 0.0157. The van der Waals surface area contributed by atoms with Crippen LogP contribution in [0.4, 0.5) is 22.7 Å². The van der Waals surface area contributed by atoms with Gasteiger partial charge in [0.25, 0.3) is 11.4 Å². The number of rotatable bonds is 10. The molecule has 0 aliphatic carbocycles. The molecule has 2 atom stereocenters. The molecule has 6 rings (SSSR count). The van der Waals surface area contributed by atoms with E-state index in [2.05, 4.69) is 0 Å². The fraction of sp³-hybridized carbons (Fsp3) is 0.125. The van der Waals surface area contributed by atoms with E-state index in [1.54, 1.807) is 72.8 Å². The van der Waals surface area contributed by atoms with Crippen LogP contribution in [0.1, 0.15) is 12.8 Å². The Labute approximate surface area is 279 Å². The summed E-state index contributed by atoms with van der Waals surface area (Å²) in [6.07, 6.45) is 0.0314. The van der Waals surface area contributed by atoms with E-state index in [0.717, 1.165) is 19.6 Å². The van der Waals surface area contributed by atoms with Gasteiger partial charge in [-0.3, -0.25) is 39.4 Å². The van der Waals surface area contributed by atoms with Crippen molar-refractivity contribution in [3.63, 3.8) is 0 Å². The van der Waals surface area contributed by atoms with Gasteiger partial charge in [-0.25, -0.2) is 9.80 Å². The highest BCUT2D eigenvalue weighted by Crippen LogP contribution is 2.38. The number of carbonyl (C=O) groups is 4. The first-order chi connectivity index (χ1) is 22.6. The van der Waals surface area contributed by atoms with Gasteiger partial charge in [-0.2, -0.15) is 0 Å². The van der Waals surface area contributed by atoms with Crippen LogP contribution in [0.25, 0.3) is 0 Å². The standard InChI is InChI=1S/C32H22N4O8S3/c37-29-17-27(46-25-13-5-21(6-14-25)35(41)42)31(39)33(29)19-1-9-23(10-2-19)45-24-11-3-20(4-12-24)34-30(38)18-28(32(34)40)47-26-15-7-22(8-16-26)36(43)44/h1-16,27-28H,17-18H2/t27-,28+. The molecule has 2 saturated heterocycles. The van der Waals surface area contributed by atoms with Crippen molar-refractivity contribution in [2.24, 2.45) is 0 Å². The average Bonchev–Trinajstić information content (AvgIpc) is 3.50. The van der Waals surface area contributed by atoms with Crippen molar-refractivity contribution in [1.82, 2.24) is 0 Å². The van der Waals surface area contributed by atoms with Crippen molar-refractivity contribution >= 4 is 81.7 Å². The summed E-state index contributed by atoms with van der Waals surface area (Å²) < 4.78 is 0. The molecule has 236 valence electrons. The Morgan fingerprint density at radius 2 is 0.830 bits per heavy atom. The summed E-state index contributed by atoms with van der Waals surface area (Å²) in [5.74, 6) is -1.36. The summed E-state index contributed by atoms with van der Waals surface area (Å²) in [5.41, 5.74) is 0.778. The second kappa shape index (κ2) is 13.4. The van der Waals surface area contributed by atoms with E-state index in [0.29, 0.717) is 21.2 Å². The number of imide groups is 2. The molecular weight excluding hydrogens is 665 g/mol. The number of thioether (sulfide) groups is 2. The second-order valence-corrected chi connectivity index (χ2v) is 14.0. The summed E-state index contributed by atoms with van der Waals surface area (Å²) in [6.45, 7) is 0. The highest BCUT2D eigenvalue weighted by atomic mass is 32.2. The van der Waals surface area contributed by atoms with Crippen molar-refractivity contribution in [3.05, 3.63) is 117 Å². The summed E-state index contributed by atoms with van der Waals surface area (Å²) in [7, 11) is 0. The van der Waals surface area contributed by atoms with Crippen LogP contribution in [0.5, 0.6) is 0 Å². The Morgan fingerprint density at radius 3 is 1.15 bits per heavy atom. The lowest BCUT2D eigenvalue weighted by atomic mass is 10.3. The maximum absolute atomic E-state index is 13.1. The first kappa shape index (κ1) is 32.0. The van der Waals surface area contributed by atoms with Crippen LogP contribution >= 0.6 is 35.3 Å². The molecule has 0 saturated carbocycles. The molecule has 15 heteroatoms. The van der Waals surface area contributed by atoms with E-state index in [4.69, 9.17) is 0 Å². The number of carbonyl (C=O) groups excluding carboxylic acids is 4. The zero-order chi connectivity index (χ0) is 33.2. The zero-order valence-electron chi connectivity index (χ0n) is 24.1. The molecule has 2 heterocycles. The molecule has 4 aromatic rings. The molecule has 0 spiro atoms. The molecule has 47 heavy (non-hydrogen) atoms. The lowest BCUT2D eigenvalue weighted by Gasteiger charge is -2.16. The van der Waals surface area contributed by atoms with Crippen LogP contribution in [-0.4, -0.2) is 44.0 Å². The van der Waals surface area contributed by atoms with Crippen LogP contribution in [0, 0.1) is 20.2 Å². The number of nitrogens with zero attached hydrogens (tertiary/aromatic N) is 4. The third kappa shape index (κ3) is 6.91. The molecular formula is C32H22N4O8S3. The summed E-state index contributed by atoms with van der Waals surface area (Å²) in [5, 5.41) is 20.5. The monoisotopic (exact) mass is 686 g/mol. The highest BCUT2D eigenvalue weighted by Gasteiger charge is 2.41. The number of hydrogen-bond acceptors (Lipinski definition) is 11. The third-order valence-corrected chi connectivity index (χ3v) is 10.7. The van der Waals surface area contributed by atoms with Gasteiger partial charge in [-0.05, 0) is 72.8 Å². The van der Waals surface area contributed by atoms with Gasteiger partial charge >= 0.3 is 0 Å². The fourth-order valence-electron chi connectivity index (χ4n) is 5.02. The molecule has 0 unspecified atom stereocenters. The molecule has 0 aromatic heterocycles. The first-order valence-electron chi connectivity index (χ1n) is 14.0. The fourth-order valence-corrected chi connectivity index (χ4v) is 7.94. The van der Waals surface area contributed by atoms with E-state index in [1.807, 2.05) is 0 Å². The van der Waals surface area contributed by atoms with E-state index in [9.17, 15) is 39.4 Å². The molecule has 4 aromatic carbocycles. The van der Waals surface area contributed by atoms with E-state index < -0.39 is 20.3 Å². The molecule has 2 fully saturated rings. The first-order valence-corrected chi connectivity index (χ1v) is 16.6. The average molecular weight is 687 g/mol. The third-order valence-electron chi connectivity index (χ3n) is 7.29. The molecule has 0 N–H and O–H groups in total. The highest BCUT2D eigenvalue weighted by molar-refractivity contribution is 8.01. The summed E-state index contributed by atoms with van der Waals surface area (Å²) in [4.78, 5) is 77.8. The number of nitro benzene ring substituents is 2. The summed E-state index contributed by atoms with van der Waals surface area (Å²) >= 11 is 3.81. The quantitative estimate of drug-likeness (QED) is 0.102. The number of hydrogen-bond donors (Lipinski definition) is 0. The minimum atomic E-state index is -0.637. The van der Waals surface area contributed by atoms with E-state index >= 15 is 0 Å². The topological polar surface area (TPSA) is 161 Å². The van der Waals surface area contributed by atoms with Crippen molar-refractivity contribution in [2.75, 3.05) is 9.80 Å². The number of non-ortho nitro benzene ring substituents is 2. The van der Waals surface area contributed by atoms with Gasteiger partial charge in [-0.1, -0.05) is 11.8 Å². The van der Waals surface area contributed by atoms with Gasteiger partial charge in [0, 0.05) is 56.7 Å². The predicted octanol–water partition coefficient (Wildman–Crippen LogP) is 6.50. The number of benzene rings is 4. The van der Waals surface area contributed by atoms with Gasteiger partial charge in [0.2, 0.25) is 23.6 Å². The predicted molar refractivity (Wildman–Crippen MR) is 177 cm³/mol. The van der Waals surface area contributed by atoms with Gasteiger partial charge < -0.3 is 0 Å². The van der Waals surface area contributed by atoms with Crippen LogP contribution in [0.3, 0.4) is 0 Å². The maximum Gasteiger partial charge on any atom is 0.269 e. The molecule has 4 amide bonds. The SMILES string of the molecule is O=C1C[C@H](Sc2ccc([N+](=O)[O-])cc2)C(=O)N1c1ccc(Sc2ccc(N3C(=O)C[C@@H](Sc4ccc([N+](=O)[O-])cc4)C3=O)cc2)cc1. The Hall–Kier alpha value is -4.99. The molecule has 0 bridgehead atoms. The number of nitro groups is 2. The molecule has 0 radical (unpaired) electrons. The number of amides is 4. The lowest BCUT2D eigenvalue weighted by Crippen LogP contribution is -2.31. The van der Waals surface area contributed by atoms with Gasteiger partial charge in [0.1, 0.15) is 0 Å². The smallest absolute Gasteiger partial charge is 0.269 e. The Kier molecular flexibility index (Phi) is 9.11. The van der Waals surface area contributed by atoms with Crippen molar-refractivity contribution in [3.8, 4) is 0 Å². The van der Waals surface area contributed by atoms with Crippen LogP contribution in [0.15, 0.2) is 117 Å². The molecule has 12 nitrogen and oxygen atoms in total. The van der Waals surface area contributed by atoms with Crippen LogP contribution in [-0.2, 0) is 19.2 Å². The van der Waals surface area contributed by atoms with E-state index in [1.165, 1.54) is 59.6 Å². The van der Waals surface area contributed by atoms with Crippen LogP contribution in [0.2, 0.25) is 0 Å². The number of anilines is 2. The van der Waals surface area contributed by atoms with Crippen molar-refractivity contribution in [2.45, 2.75) is 42.9 Å². The maximum atomic E-state index is 13.1.